The average molecular weight is 294 g/mol. The van der Waals surface area contributed by atoms with Crippen molar-refractivity contribution in [2.75, 3.05) is 5.32 Å². The van der Waals surface area contributed by atoms with E-state index < -0.39 is 5.91 Å². The summed E-state index contributed by atoms with van der Waals surface area (Å²) in [6.45, 7) is 0. The Morgan fingerprint density at radius 1 is 1.09 bits per heavy atom. The van der Waals surface area contributed by atoms with Gasteiger partial charge in [0.15, 0.2) is 0 Å². The molecule has 2 aromatic carbocycles. The minimum Gasteiger partial charge on any atom is -0.366 e. The Morgan fingerprint density at radius 2 is 1.77 bits per heavy atom. The van der Waals surface area contributed by atoms with E-state index in [2.05, 4.69) is 10.3 Å². The van der Waals surface area contributed by atoms with Crippen molar-refractivity contribution >= 4 is 28.5 Å². The number of benzene rings is 2. The highest BCUT2D eigenvalue weighted by Crippen LogP contribution is 2.16. The van der Waals surface area contributed by atoms with Gasteiger partial charge in [0.1, 0.15) is 0 Å². The van der Waals surface area contributed by atoms with Crippen molar-refractivity contribution in [3.63, 3.8) is 0 Å². The third-order valence-corrected chi connectivity index (χ3v) is 3.41. The highest BCUT2D eigenvalue weighted by atomic mass is 16.2. The molecule has 2 amide bonds. The van der Waals surface area contributed by atoms with Gasteiger partial charge in [0.25, 0.3) is 5.91 Å². The number of carbonyl (C=O) groups excluding carboxylic acids is 2. The third-order valence-electron chi connectivity index (χ3n) is 3.41. The molecule has 1 aromatic heterocycles. The standard InChI is InChI=1S/C16H14N4O2/c1-20-9-18-13-8-11(4-7-14(13)20)16(22)19-12-5-2-10(3-6-12)15(17)21/h2-9H,1H3,(H2,17,21)(H,19,22). The number of aromatic nitrogens is 2. The Labute approximate surface area is 126 Å². The molecule has 0 aliphatic rings. The van der Waals surface area contributed by atoms with Crippen molar-refractivity contribution < 1.29 is 9.59 Å². The van der Waals surface area contributed by atoms with Crippen molar-refractivity contribution in [3.8, 4) is 0 Å². The van der Waals surface area contributed by atoms with Crippen LogP contribution in [0.5, 0.6) is 0 Å². The summed E-state index contributed by atoms with van der Waals surface area (Å²) in [4.78, 5) is 27.5. The van der Waals surface area contributed by atoms with E-state index >= 15 is 0 Å². The molecule has 3 aromatic rings. The van der Waals surface area contributed by atoms with Gasteiger partial charge in [-0.1, -0.05) is 0 Å². The molecule has 0 spiro atoms. The van der Waals surface area contributed by atoms with Crippen molar-refractivity contribution in [2.24, 2.45) is 12.8 Å². The fourth-order valence-corrected chi connectivity index (χ4v) is 2.20. The topological polar surface area (TPSA) is 90.0 Å². The highest BCUT2D eigenvalue weighted by Gasteiger charge is 2.09. The number of nitrogens with two attached hydrogens (primary N) is 1. The number of fused-ring (bicyclic) bond motifs is 1. The molecule has 0 bridgehead atoms. The maximum Gasteiger partial charge on any atom is 0.255 e. The second kappa shape index (κ2) is 5.33. The van der Waals surface area contributed by atoms with Crippen LogP contribution in [-0.2, 0) is 7.05 Å². The van der Waals surface area contributed by atoms with E-state index in [0.29, 0.717) is 16.8 Å². The molecule has 1 heterocycles. The zero-order valence-corrected chi connectivity index (χ0v) is 11.9. The number of carbonyl (C=O) groups is 2. The van der Waals surface area contributed by atoms with Gasteiger partial charge in [0.2, 0.25) is 5.91 Å². The van der Waals surface area contributed by atoms with Gasteiger partial charge in [0, 0.05) is 23.9 Å². The minimum atomic E-state index is -0.501. The Morgan fingerprint density at radius 3 is 2.45 bits per heavy atom. The Balaban J connectivity index is 1.81. The summed E-state index contributed by atoms with van der Waals surface area (Å²) in [5, 5.41) is 2.77. The van der Waals surface area contributed by atoms with Crippen LogP contribution in [0.4, 0.5) is 5.69 Å². The zero-order chi connectivity index (χ0) is 15.7. The molecule has 110 valence electrons. The molecule has 0 atom stereocenters. The largest absolute Gasteiger partial charge is 0.366 e. The van der Waals surface area contributed by atoms with Gasteiger partial charge in [-0.2, -0.15) is 0 Å². The first-order chi connectivity index (χ1) is 10.5. The molecule has 0 unspecified atom stereocenters. The molecule has 6 nitrogen and oxygen atoms in total. The van der Waals surface area contributed by atoms with Crippen LogP contribution in [0, 0.1) is 0 Å². The molecular weight excluding hydrogens is 280 g/mol. The molecule has 6 heteroatoms. The zero-order valence-electron chi connectivity index (χ0n) is 11.9. The van der Waals surface area contributed by atoms with Crippen molar-refractivity contribution in [3.05, 3.63) is 59.9 Å². The molecule has 0 saturated heterocycles. The van der Waals surface area contributed by atoms with Gasteiger partial charge in [-0.3, -0.25) is 9.59 Å². The van der Waals surface area contributed by atoms with Crippen LogP contribution in [0.15, 0.2) is 48.8 Å². The fraction of sp³-hybridized carbons (Fsp3) is 0.0625. The number of amides is 2. The molecule has 0 radical (unpaired) electrons. The van der Waals surface area contributed by atoms with E-state index in [1.807, 2.05) is 17.7 Å². The first-order valence-electron chi connectivity index (χ1n) is 6.67. The predicted octanol–water partition coefficient (Wildman–Crippen LogP) is 1.92. The minimum absolute atomic E-state index is 0.237. The first kappa shape index (κ1) is 13.8. The second-order valence-electron chi connectivity index (χ2n) is 4.95. The Kier molecular flexibility index (Phi) is 3.34. The van der Waals surface area contributed by atoms with Crippen LogP contribution in [-0.4, -0.2) is 21.4 Å². The first-order valence-corrected chi connectivity index (χ1v) is 6.67. The maximum atomic E-state index is 12.2. The van der Waals surface area contributed by atoms with E-state index in [0.717, 1.165) is 11.0 Å². The molecule has 0 fully saturated rings. The number of hydrogen-bond acceptors (Lipinski definition) is 3. The van der Waals surface area contributed by atoms with Crippen LogP contribution in [0.1, 0.15) is 20.7 Å². The summed E-state index contributed by atoms with van der Waals surface area (Å²) in [5.41, 5.74) is 8.41. The van der Waals surface area contributed by atoms with Gasteiger partial charge in [-0.05, 0) is 42.5 Å². The number of nitrogens with one attached hydrogen (secondary N) is 1. The maximum absolute atomic E-state index is 12.2. The van der Waals surface area contributed by atoms with Crippen LogP contribution >= 0.6 is 0 Å². The Hall–Kier alpha value is -3.15. The molecule has 0 saturated carbocycles. The lowest BCUT2D eigenvalue weighted by Crippen LogP contribution is -2.13. The van der Waals surface area contributed by atoms with Gasteiger partial charge in [0.05, 0.1) is 17.4 Å². The van der Waals surface area contributed by atoms with Crippen molar-refractivity contribution in [1.82, 2.24) is 9.55 Å². The van der Waals surface area contributed by atoms with Crippen molar-refractivity contribution in [1.29, 1.82) is 0 Å². The van der Waals surface area contributed by atoms with Crippen molar-refractivity contribution in [2.45, 2.75) is 0 Å². The predicted molar refractivity (Wildman–Crippen MR) is 83.6 cm³/mol. The van der Waals surface area contributed by atoms with E-state index in [1.54, 1.807) is 42.7 Å². The van der Waals surface area contributed by atoms with Gasteiger partial charge in [-0.15, -0.1) is 0 Å². The summed E-state index contributed by atoms with van der Waals surface area (Å²) in [7, 11) is 1.90. The number of nitrogens with zero attached hydrogens (tertiary/aromatic N) is 2. The third kappa shape index (κ3) is 2.54. The van der Waals surface area contributed by atoms with E-state index in [4.69, 9.17) is 5.73 Å². The highest BCUT2D eigenvalue weighted by molar-refractivity contribution is 6.06. The fourth-order valence-electron chi connectivity index (χ4n) is 2.20. The van der Waals surface area contributed by atoms with Gasteiger partial charge in [-0.25, -0.2) is 4.98 Å². The lowest BCUT2D eigenvalue weighted by Gasteiger charge is -2.06. The SMILES string of the molecule is Cn1cnc2cc(C(=O)Nc3ccc(C(N)=O)cc3)ccc21. The van der Waals surface area contributed by atoms with Crippen LogP contribution in [0.25, 0.3) is 11.0 Å². The summed E-state index contributed by atoms with van der Waals surface area (Å²) in [6.07, 6.45) is 1.70. The second-order valence-corrected chi connectivity index (χ2v) is 4.95. The van der Waals surface area contributed by atoms with Crippen LogP contribution in [0.3, 0.4) is 0 Å². The van der Waals surface area contributed by atoms with E-state index in [1.165, 1.54) is 0 Å². The molecule has 22 heavy (non-hydrogen) atoms. The van der Waals surface area contributed by atoms with Gasteiger partial charge < -0.3 is 15.6 Å². The lowest BCUT2D eigenvalue weighted by atomic mass is 10.1. The van der Waals surface area contributed by atoms with E-state index in [-0.39, 0.29) is 5.91 Å². The van der Waals surface area contributed by atoms with E-state index in [9.17, 15) is 9.59 Å². The monoisotopic (exact) mass is 294 g/mol. The number of anilines is 1. The molecule has 0 aliphatic carbocycles. The molecule has 3 N–H and O–H groups in total. The van der Waals surface area contributed by atoms with Crippen LogP contribution < -0.4 is 11.1 Å². The normalized spacial score (nSPS) is 10.6. The number of imidazole rings is 1. The summed E-state index contributed by atoms with van der Waals surface area (Å²) >= 11 is 0. The summed E-state index contributed by atoms with van der Waals surface area (Å²) in [5.74, 6) is -0.738. The van der Waals surface area contributed by atoms with Gasteiger partial charge >= 0.3 is 0 Å². The number of hydrogen-bond donors (Lipinski definition) is 2. The average Bonchev–Trinajstić information content (AvgIpc) is 2.88. The molecule has 3 rings (SSSR count). The molecular formula is C16H14N4O2. The summed E-state index contributed by atoms with van der Waals surface area (Å²) < 4.78 is 1.89. The lowest BCUT2D eigenvalue weighted by molar-refractivity contribution is 0.0998. The smallest absolute Gasteiger partial charge is 0.255 e. The number of aryl methyl sites for hydroxylation is 1. The van der Waals surface area contributed by atoms with Crippen LogP contribution in [0.2, 0.25) is 0 Å². The molecule has 0 aliphatic heterocycles. The number of rotatable bonds is 3. The number of primary amides is 1. The quantitative estimate of drug-likeness (QED) is 0.773. The summed E-state index contributed by atoms with van der Waals surface area (Å²) in [6, 6.07) is 11.8. The Bertz CT molecular complexity index is 865.